The van der Waals surface area contributed by atoms with Gasteiger partial charge in [0.05, 0.1) is 6.61 Å². The predicted molar refractivity (Wildman–Crippen MR) is 72.9 cm³/mol. The van der Waals surface area contributed by atoms with Crippen molar-refractivity contribution in [2.75, 3.05) is 53.1 Å². The largest absolute Gasteiger partial charge is 0.385 e. The van der Waals surface area contributed by atoms with Gasteiger partial charge in [0.1, 0.15) is 0 Å². The van der Waals surface area contributed by atoms with Gasteiger partial charge in [-0.3, -0.25) is 4.90 Å². The predicted octanol–water partition coefficient (Wildman–Crippen LogP) is 1.11. The van der Waals surface area contributed by atoms with E-state index in [-0.39, 0.29) is 0 Å². The highest BCUT2D eigenvalue weighted by Gasteiger charge is 2.32. The molecule has 2 fully saturated rings. The molecular weight excluding hydrogens is 228 g/mol. The molecule has 1 N–H and O–H groups in total. The Hall–Kier alpha value is -0.160. The quantitative estimate of drug-likeness (QED) is 0.660. The van der Waals surface area contributed by atoms with Crippen molar-refractivity contribution in [1.29, 1.82) is 0 Å². The summed E-state index contributed by atoms with van der Waals surface area (Å²) in [7, 11) is 1.74. The first-order chi connectivity index (χ1) is 8.90. The fourth-order valence-electron chi connectivity index (χ4n) is 2.64. The van der Waals surface area contributed by atoms with Gasteiger partial charge >= 0.3 is 0 Å². The van der Waals surface area contributed by atoms with Gasteiger partial charge in [0.15, 0.2) is 0 Å². The Balaban J connectivity index is 1.56. The van der Waals surface area contributed by atoms with E-state index in [1.54, 1.807) is 7.11 Å². The van der Waals surface area contributed by atoms with Gasteiger partial charge in [-0.15, -0.1) is 0 Å². The zero-order valence-corrected chi connectivity index (χ0v) is 11.7. The number of hydrogen-bond donors (Lipinski definition) is 1. The van der Waals surface area contributed by atoms with E-state index in [0.717, 1.165) is 44.7 Å². The first kappa shape index (κ1) is 14.3. The van der Waals surface area contributed by atoms with E-state index in [2.05, 4.69) is 10.2 Å². The van der Waals surface area contributed by atoms with Gasteiger partial charge < -0.3 is 14.8 Å². The van der Waals surface area contributed by atoms with Crippen molar-refractivity contribution in [2.24, 2.45) is 5.92 Å². The monoisotopic (exact) mass is 256 g/mol. The average Bonchev–Trinajstić information content (AvgIpc) is 3.19. The summed E-state index contributed by atoms with van der Waals surface area (Å²) >= 11 is 0. The van der Waals surface area contributed by atoms with Crippen LogP contribution in [0.5, 0.6) is 0 Å². The molecule has 2 rings (SSSR count). The minimum atomic E-state index is 0.737. The summed E-state index contributed by atoms with van der Waals surface area (Å²) in [6, 6.07) is 0.737. The maximum Gasteiger partial charge on any atom is 0.0593 e. The lowest BCUT2D eigenvalue weighted by Gasteiger charge is -2.24. The normalized spacial score (nSPS) is 26.2. The maximum atomic E-state index is 5.65. The molecule has 1 unspecified atom stereocenters. The third-order valence-corrected chi connectivity index (χ3v) is 3.89. The molecule has 0 aromatic rings. The smallest absolute Gasteiger partial charge is 0.0593 e. The molecule has 0 aromatic heterocycles. The Morgan fingerprint density at radius 1 is 1.22 bits per heavy atom. The molecule has 2 aliphatic rings. The molecule has 4 heteroatoms. The van der Waals surface area contributed by atoms with Crippen LogP contribution < -0.4 is 5.32 Å². The van der Waals surface area contributed by atoms with Crippen LogP contribution in [0, 0.1) is 5.92 Å². The second-order valence-corrected chi connectivity index (χ2v) is 5.51. The highest BCUT2D eigenvalue weighted by atomic mass is 16.5. The van der Waals surface area contributed by atoms with Gasteiger partial charge in [0, 0.05) is 39.5 Å². The van der Waals surface area contributed by atoms with Crippen molar-refractivity contribution in [3.63, 3.8) is 0 Å². The van der Waals surface area contributed by atoms with E-state index >= 15 is 0 Å². The highest BCUT2D eigenvalue weighted by molar-refractivity contribution is 4.89. The standard InChI is InChI=1S/C14H28N2O2/c1-17-9-3-10-18-11-8-16-7-2-6-15-14(12-16)13-4-5-13/h13-15H,2-12H2,1H3. The van der Waals surface area contributed by atoms with Crippen molar-refractivity contribution in [1.82, 2.24) is 10.2 Å². The molecule has 1 heterocycles. The molecule has 0 amide bonds. The zero-order chi connectivity index (χ0) is 12.6. The zero-order valence-electron chi connectivity index (χ0n) is 11.7. The molecule has 1 saturated carbocycles. The number of rotatable bonds is 8. The number of ether oxygens (including phenoxy) is 2. The Morgan fingerprint density at radius 3 is 2.89 bits per heavy atom. The molecule has 1 aliphatic heterocycles. The molecule has 4 nitrogen and oxygen atoms in total. The van der Waals surface area contributed by atoms with Gasteiger partial charge in [0.25, 0.3) is 0 Å². The average molecular weight is 256 g/mol. The third-order valence-electron chi connectivity index (χ3n) is 3.89. The van der Waals surface area contributed by atoms with Crippen LogP contribution in [-0.4, -0.2) is 64.1 Å². The van der Waals surface area contributed by atoms with E-state index in [4.69, 9.17) is 9.47 Å². The number of methoxy groups -OCH3 is 1. The minimum Gasteiger partial charge on any atom is -0.385 e. The molecule has 0 bridgehead atoms. The summed E-state index contributed by atoms with van der Waals surface area (Å²) < 4.78 is 10.7. The number of nitrogens with zero attached hydrogens (tertiary/aromatic N) is 1. The topological polar surface area (TPSA) is 33.7 Å². The van der Waals surface area contributed by atoms with E-state index in [9.17, 15) is 0 Å². The van der Waals surface area contributed by atoms with Crippen LogP contribution in [0.25, 0.3) is 0 Å². The molecule has 106 valence electrons. The van der Waals surface area contributed by atoms with Crippen molar-refractivity contribution < 1.29 is 9.47 Å². The molecular formula is C14H28N2O2. The summed E-state index contributed by atoms with van der Waals surface area (Å²) in [5, 5.41) is 3.69. The van der Waals surface area contributed by atoms with Crippen molar-refractivity contribution in [3.8, 4) is 0 Å². The summed E-state index contributed by atoms with van der Waals surface area (Å²) in [5.41, 5.74) is 0. The van der Waals surface area contributed by atoms with E-state index in [1.165, 1.54) is 38.9 Å². The fraction of sp³-hybridized carbons (Fsp3) is 1.00. The lowest BCUT2D eigenvalue weighted by Crippen LogP contribution is -2.40. The van der Waals surface area contributed by atoms with Gasteiger partial charge in [-0.2, -0.15) is 0 Å². The molecule has 1 aliphatic carbocycles. The Kier molecular flexibility index (Phi) is 6.41. The van der Waals surface area contributed by atoms with Crippen LogP contribution in [-0.2, 0) is 9.47 Å². The first-order valence-corrected chi connectivity index (χ1v) is 7.42. The first-order valence-electron chi connectivity index (χ1n) is 7.42. The molecule has 0 spiro atoms. The van der Waals surface area contributed by atoms with Crippen LogP contribution in [0.15, 0.2) is 0 Å². The third kappa shape index (κ3) is 5.22. The molecule has 1 atom stereocenters. The SMILES string of the molecule is COCCCOCCN1CCCNC(C2CC2)C1. The van der Waals surface area contributed by atoms with Crippen LogP contribution >= 0.6 is 0 Å². The van der Waals surface area contributed by atoms with Crippen molar-refractivity contribution >= 4 is 0 Å². The Bertz CT molecular complexity index is 222. The second kappa shape index (κ2) is 8.10. The van der Waals surface area contributed by atoms with E-state index in [0.29, 0.717) is 0 Å². The van der Waals surface area contributed by atoms with Crippen LogP contribution in [0.1, 0.15) is 25.7 Å². The fourth-order valence-corrected chi connectivity index (χ4v) is 2.64. The lowest BCUT2D eigenvalue weighted by molar-refractivity contribution is 0.0828. The van der Waals surface area contributed by atoms with Crippen LogP contribution in [0.2, 0.25) is 0 Å². The number of hydrogen-bond acceptors (Lipinski definition) is 4. The summed E-state index contributed by atoms with van der Waals surface area (Å²) in [6.45, 7) is 7.19. The summed E-state index contributed by atoms with van der Waals surface area (Å²) in [6.07, 6.45) is 5.13. The van der Waals surface area contributed by atoms with Gasteiger partial charge in [-0.1, -0.05) is 0 Å². The summed E-state index contributed by atoms with van der Waals surface area (Å²) in [4.78, 5) is 2.57. The Morgan fingerprint density at radius 2 is 2.11 bits per heavy atom. The lowest BCUT2D eigenvalue weighted by atomic mass is 10.2. The van der Waals surface area contributed by atoms with Gasteiger partial charge in [-0.25, -0.2) is 0 Å². The highest BCUT2D eigenvalue weighted by Crippen LogP contribution is 2.33. The summed E-state index contributed by atoms with van der Waals surface area (Å²) in [5.74, 6) is 0.952. The van der Waals surface area contributed by atoms with E-state index in [1.807, 2.05) is 0 Å². The molecule has 0 aromatic carbocycles. The van der Waals surface area contributed by atoms with Gasteiger partial charge in [0.2, 0.25) is 0 Å². The van der Waals surface area contributed by atoms with Crippen LogP contribution in [0.4, 0.5) is 0 Å². The second-order valence-electron chi connectivity index (χ2n) is 5.51. The van der Waals surface area contributed by atoms with Crippen molar-refractivity contribution in [2.45, 2.75) is 31.7 Å². The van der Waals surface area contributed by atoms with Gasteiger partial charge in [-0.05, 0) is 44.7 Å². The number of nitrogens with one attached hydrogen (secondary N) is 1. The van der Waals surface area contributed by atoms with E-state index < -0.39 is 0 Å². The molecule has 18 heavy (non-hydrogen) atoms. The minimum absolute atomic E-state index is 0.737. The maximum absolute atomic E-state index is 5.65. The molecule has 0 radical (unpaired) electrons. The molecule has 1 saturated heterocycles. The van der Waals surface area contributed by atoms with Crippen LogP contribution in [0.3, 0.4) is 0 Å². The Labute approximate surface area is 111 Å². The van der Waals surface area contributed by atoms with Crippen molar-refractivity contribution in [3.05, 3.63) is 0 Å².